The van der Waals surface area contributed by atoms with Crippen LogP contribution < -0.4 is 10.6 Å². The van der Waals surface area contributed by atoms with Crippen LogP contribution in [0.4, 0.5) is 11.4 Å². The Morgan fingerprint density at radius 2 is 1.50 bits per heavy atom. The highest BCUT2D eigenvalue weighted by Gasteiger charge is 2.30. The highest BCUT2D eigenvalue weighted by molar-refractivity contribution is 7.93. The van der Waals surface area contributed by atoms with Gasteiger partial charge in [0.1, 0.15) is 11.0 Å². The molecule has 2 N–H and O–H groups in total. The number of rotatable bonds is 8. The number of benzene rings is 2. The number of carbonyl (C=O) groups is 3. The molecule has 2 amide bonds. The van der Waals surface area contributed by atoms with E-state index < -0.39 is 38.6 Å². The summed E-state index contributed by atoms with van der Waals surface area (Å²) in [4.78, 5) is 36.0. The Labute approximate surface area is 179 Å². The van der Waals surface area contributed by atoms with Gasteiger partial charge >= 0.3 is 5.97 Å². The van der Waals surface area contributed by atoms with Crippen molar-refractivity contribution >= 4 is 50.6 Å². The van der Waals surface area contributed by atoms with Crippen molar-refractivity contribution < 1.29 is 27.5 Å². The molecule has 1 unspecified atom stereocenters. The van der Waals surface area contributed by atoms with Gasteiger partial charge in [-0.15, -0.1) is 0 Å². The Balaban J connectivity index is 1.97. The second-order valence-electron chi connectivity index (χ2n) is 6.29. The Bertz CT molecular complexity index is 1020. The summed E-state index contributed by atoms with van der Waals surface area (Å²) >= 11 is 5.76. The highest BCUT2D eigenvalue weighted by Crippen LogP contribution is 2.15. The third-order valence-corrected chi connectivity index (χ3v) is 6.24. The molecule has 2 rings (SSSR count). The van der Waals surface area contributed by atoms with Gasteiger partial charge in [0.25, 0.3) is 0 Å². The molecule has 2 aromatic rings. The van der Waals surface area contributed by atoms with E-state index >= 15 is 0 Å². The normalized spacial score (nSPS) is 12.0. The maximum Gasteiger partial charge on any atom is 0.338 e. The summed E-state index contributed by atoms with van der Waals surface area (Å²) in [5.74, 6) is -2.92. The monoisotopic (exact) mass is 452 g/mol. The highest BCUT2D eigenvalue weighted by atomic mass is 35.5. The maximum atomic E-state index is 12.4. The zero-order valence-electron chi connectivity index (χ0n) is 16.3. The van der Waals surface area contributed by atoms with Gasteiger partial charge in [-0.25, -0.2) is 13.2 Å². The van der Waals surface area contributed by atoms with Gasteiger partial charge < -0.3 is 15.4 Å². The minimum Gasteiger partial charge on any atom is -0.462 e. The van der Waals surface area contributed by atoms with Crippen LogP contribution in [0.3, 0.4) is 0 Å². The molecule has 0 radical (unpaired) electrons. The average Bonchev–Trinajstić information content (AvgIpc) is 2.69. The Morgan fingerprint density at radius 1 is 0.967 bits per heavy atom. The number of carbonyl (C=O) groups excluding carboxylic acids is 3. The van der Waals surface area contributed by atoms with Gasteiger partial charge in [-0.2, -0.15) is 0 Å². The van der Waals surface area contributed by atoms with Crippen LogP contribution in [0.5, 0.6) is 0 Å². The third kappa shape index (κ3) is 6.57. The lowest BCUT2D eigenvalue weighted by atomic mass is 10.2. The van der Waals surface area contributed by atoms with Gasteiger partial charge in [0.2, 0.25) is 11.8 Å². The lowest BCUT2D eigenvalue weighted by Crippen LogP contribution is -2.37. The van der Waals surface area contributed by atoms with E-state index in [1.54, 1.807) is 19.1 Å². The fourth-order valence-corrected chi connectivity index (χ4v) is 3.55. The Hall–Kier alpha value is -2.91. The van der Waals surface area contributed by atoms with E-state index in [4.69, 9.17) is 16.3 Å². The zero-order valence-corrected chi connectivity index (χ0v) is 17.9. The first-order valence-electron chi connectivity index (χ1n) is 8.97. The van der Waals surface area contributed by atoms with Crippen molar-refractivity contribution in [2.45, 2.75) is 19.1 Å². The van der Waals surface area contributed by atoms with Gasteiger partial charge in [-0.3, -0.25) is 9.59 Å². The van der Waals surface area contributed by atoms with Crippen LogP contribution in [-0.2, 0) is 24.2 Å². The van der Waals surface area contributed by atoms with Gasteiger partial charge in [0, 0.05) is 16.4 Å². The molecule has 2 aromatic carbocycles. The summed E-state index contributed by atoms with van der Waals surface area (Å²) in [6, 6.07) is 12.0. The molecule has 1 atom stereocenters. The summed E-state index contributed by atoms with van der Waals surface area (Å²) < 4.78 is 29.7. The molecule has 0 aliphatic carbocycles. The molecule has 30 heavy (non-hydrogen) atoms. The smallest absolute Gasteiger partial charge is 0.338 e. The van der Waals surface area contributed by atoms with Crippen molar-refractivity contribution in [3.05, 3.63) is 59.1 Å². The number of hydrogen-bond acceptors (Lipinski definition) is 6. The summed E-state index contributed by atoms with van der Waals surface area (Å²) in [6.07, 6.45) is 0. The number of hydrogen-bond donors (Lipinski definition) is 2. The SMILES string of the molecule is CCOC(=O)c1ccc(NC(=O)C(C)S(=O)(=O)CC(=O)Nc2ccc(Cl)cc2)cc1. The molecular weight excluding hydrogens is 432 g/mol. The fraction of sp³-hybridized carbons (Fsp3) is 0.250. The van der Waals surface area contributed by atoms with Crippen LogP contribution >= 0.6 is 11.6 Å². The van der Waals surface area contributed by atoms with E-state index in [9.17, 15) is 22.8 Å². The molecule has 0 fully saturated rings. The number of halogens is 1. The van der Waals surface area contributed by atoms with Crippen LogP contribution in [0.25, 0.3) is 0 Å². The van der Waals surface area contributed by atoms with Crippen LogP contribution in [0.1, 0.15) is 24.2 Å². The molecule has 10 heteroatoms. The number of sulfone groups is 1. The third-order valence-electron chi connectivity index (χ3n) is 4.03. The van der Waals surface area contributed by atoms with Crippen molar-refractivity contribution in [2.24, 2.45) is 0 Å². The molecule has 0 saturated carbocycles. The van der Waals surface area contributed by atoms with Crippen LogP contribution in [-0.4, -0.2) is 43.8 Å². The largest absolute Gasteiger partial charge is 0.462 e. The molecular formula is C20H21ClN2O6S. The summed E-state index contributed by atoms with van der Waals surface area (Å²) in [5.41, 5.74) is 0.994. The Kier molecular flexibility index (Phi) is 7.96. The predicted octanol–water partition coefficient (Wildman–Crippen LogP) is 2.90. The number of ether oxygens (including phenoxy) is 1. The summed E-state index contributed by atoms with van der Waals surface area (Å²) in [6.45, 7) is 3.12. The molecule has 0 heterocycles. The zero-order chi connectivity index (χ0) is 22.3. The van der Waals surface area contributed by atoms with E-state index in [1.165, 1.54) is 43.3 Å². The van der Waals surface area contributed by atoms with Crippen molar-refractivity contribution in [1.82, 2.24) is 0 Å². The van der Waals surface area contributed by atoms with E-state index in [0.717, 1.165) is 0 Å². The minimum absolute atomic E-state index is 0.234. The van der Waals surface area contributed by atoms with Crippen molar-refractivity contribution in [3.8, 4) is 0 Å². The van der Waals surface area contributed by atoms with Crippen LogP contribution in [0, 0.1) is 0 Å². The van der Waals surface area contributed by atoms with Crippen LogP contribution in [0.2, 0.25) is 5.02 Å². The van der Waals surface area contributed by atoms with Gasteiger partial charge in [-0.05, 0) is 62.4 Å². The maximum absolute atomic E-state index is 12.4. The molecule has 160 valence electrons. The molecule has 8 nitrogen and oxygen atoms in total. The molecule has 0 aliphatic heterocycles. The molecule has 0 spiro atoms. The quantitative estimate of drug-likeness (QED) is 0.594. The second kappa shape index (κ2) is 10.2. The first kappa shape index (κ1) is 23.4. The van der Waals surface area contributed by atoms with Gasteiger partial charge in [0.05, 0.1) is 12.2 Å². The van der Waals surface area contributed by atoms with E-state index in [1.807, 2.05) is 0 Å². The Morgan fingerprint density at radius 3 is 2.07 bits per heavy atom. The first-order chi connectivity index (χ1) is 14.1. The minimum atomic E-state index is -4.06. The average molecular weight is 453 g/mol. The standard InChI is InChI=1S/C20H21ClN2O6S/c1-3-29-20(26)14-4-8-17(9-5-14)23-19(25)13(2)30(27,28)12-18(24)22-16-10-6-15(21)7-11-16/h4-11,13H,3,12H2,1-2H3,(H,22,24)(H,23,25). The van der Waals surface area contributed by atoms with Crippen molar-refractivity contribution in [3.63, 3.8) is 0 Å². The van der Waals surface area contributed by atoms with Crippen molar-refractivity contribution in [1.29, 1.82) is 0 Å². The van der Waals surface area contributed by atoms with Gasteiger partial charge in [-0.1, -0.05) is 11.6 Å². The number of nitrogens with one attached hydrogen (secondary N) is 2. The van der Waals surface area contributed by atoms with Crippen LogP contribution in [0.15, 0.2) is 48.5 Å². The lowest BCUT2D eigenvalue weighted by Gasteiger charge is -2.14. The number of esters is 1. The lowest BCUT2D eigenvalue weighted by molar-refractivity contribution is -0.115. The second-order valence-corrected chi connectivity index (χ2v) is 9.05. The predicted molar refractivity (Wildman–Crippen MR) is 114 cm³/mol. The van der Waals surface area contributed by atoms with Crippen molar-refractivity contribution in [2.75, 3.05) is 23.0 Å². The fourth-order valence-electron chi connectivity index (χ4n) is 2.35. The molecule has 0 saturated heterocycles. The summed E-state index contributed by atoms with van der Waals surface area (Å²) in [7, 11) is -4.06. The van der Waals surface area contributed by atoms with E-state index in [0.29, 0.717) is 22.0 Å². The molecule has 0 aromatic heterocycles. The topological polar surface area (TPSA) is 119 Å². The van der Waals surface area contributed by atoms with E-state index in [2.05, 4.69) is 10.6 Å². The van der Waals surface area contributed by atoms with Gasteiger partial charge in [0.15, 0.2) is 9.84 Å². The molecule has 0 bridgehead atoms. The summed E-state index contributed by atoms with van der Waals surface area (Å²) in [5, 5.41) is 3.92. The first-order valence-corrected chi connectivity index (χ1v) is 11.1. The van der Waals surface area contributed by atoms with E-state index in [-0.39, 0.29) is 6.61 Å². The number of amides is 2. The molecule has 0 aliphatic rings. The number of anilines is 2.